The van der Waals surface area contributed by atoms with Crippen LogP contribution in [0.2, 0.25) is 0 Å². The Kier molecular flexibility index (Phi) is 10.4. The number of piperidine rings is 1. The van der Waals surface area contributed by atoms with E-state index in [9.17, 15) is 24.6 Å². The summed E-state index contributed by atoms with van der Waals surface area (Å²) >= 11 is 11.1. The minimum absolute atomic E-state index is 0.0109. The van der Waals surface area contributed by atoms with Crippen LogP contribution >= 0.6 is 24.4 Å². The van der Waals surface area contributed by atoms with Crippen LogP contribution in [0.1, 0.15) is 46.2 Å². The van der Waals surface area contributed by atoms with Gasteiger partial charge in [0.25, 0.3) is 16.7 Å². The van der Waals surface area contributed by atoms with Crippen molar-refractivity contribution in [2.24, 2.45) is 5.92 Å². The lowest BCUT2D eigenvalue weighted by Crippen LogP contribution is -3.13. The van der Waals surface area contributed by atoms with Gasteiger partial charge < -0.3 is 38.5 Å². The second-order valence-corrected chi connectivity index (χ2v) is 15.4. The molecule has 2 aliphatic rings. The van der Waals surface area contributed by atoms with Gasteiger partial charge in [-0.05, 0) is 109 Å². The maximum atomic E-state index is 14.8. The molecule has 58 heavy (non-hydrogen) atoms. The first kappa shape index (κ1) is 38.6. The summed E-state index contributed by atoms with van der Waals surface area (Å²) in [6.45, 7) is 2.73. The van der Waals surface area contributed by atoms with Crippen LogP contribution in [0.15, 0.2) is 99.3 Å². The lowest BCUT2D eigenvalue weighted by atomic mass is 9.82. The molecular formula is C42H40N6O8S2. The van der Waals surface area contributed by atoms with Gasteiger partial charge in [0.05, 0.1) is 51.6 Å². The van der Waals surface area contributed by atoms with Gasteiger partial charge in [0.2, 0.25) is 5.88 Å². The number of hydrogen-bond donors (Lipinski definition) is 4. The van der Waals surface area contributed by atoms with Crippen molar-refractivity contribution in [3.63, 3.8) is 0 Å². The Hall–Kier alpha value is -6.23. The molecule has 4 atom stereocenters. The van der Waals surface area contributed by atoms with E-state index < -0.39 is 28.8 Å². The molecule has 2 unspecified atom stereocenters. The normalized spacial score (nSPS) is 17.6. The number of aromatic hydroxyl groups is 1. The van der Waals surface area contributed by atoms with E-state index in [-0.39, 0.29) is 38.1 Å². The van der Waals surface area contributed by atoms with Gasteiger partial charge in [-0.2, -0.15) is 0 Å². The zero-order valence-electron chi connectivity index (χ0n) is 31.8. The number of rotatable bonds is 10. The van der Waals surface area contributed by atoms with Crippen molar-refractivity contribution in [2.75, 3.05) is 34.4 Å². The number of ether oxygens (including phenoxy) is 3. The first-order chi connectivity index (χ1) is 28.0. The van der Waals surface area contributed by atoms with Crippen LogP contribution < -0.4 is 40.9 Å². The number of likely N-dealkylation sites (tertiary alicyclic amines) is 1. The molecule has 14 nitrogen and oxygen atoms in total. The molecule has 0 spiro atoms. The Bertz CT molecular complexity index is 2720. The molecule has 298 valence electrons. The smallest absolute Gasteiger partial charge is 0.259 e. The minimum atomic E-state index is -1.43. The predicted molar refractivity (Wildman–Crippen MR) is 219 cm³/mol. The SMILES string of the molecule is COc1ccc(-n2c([O-])c(C(c3ccc(OC)c(C[NH+]4C[C@H]5C[C@@H](C4)c4cccc(=O)n4C5)c3)c3c(O)n(-c4ccc(OC)cc4)c(=S)[nH]c3=O)c(=O)[nH]c2=S)cc1. The van der Waals surface area contributed by atoms with Crippen LogP contribution in [0.4, 0.5) is 0 Å². The van der Waals surface area contributed by atoms with E-state index in [2.05, 4.69) is 9.97 Å². The van der Waals surface area contributed by atoms with Gasteiger partial charge in [0.15, 0.2) is 9.54 Å². The lowest BCUT2D eigenvalue weighted by molar-refractivity contribution is -0.924. The molecule has 2 aliphatic heterocycles. The molecule has 1 fully saturated rings. The Balaban J connectivity index is 1.31. The van der Waals surface area contributed by atoms with E-state index in [0.717, 1.165) is 30.8 Å². The van der Waals surface area contributed by atoms with Crippen LogP contribution in [-0.2, 0) is 13.1 Å². The number of hydrogen-bond acceptors (Lipinski definition) is 10. The number of quaternary nitrogens is 1. The molecule has 8 rings (SSSR count). The maximum Gasteiger partial charge on any atom is 0.259 e. The molecule has 2 bridgehead atoms. The average molecular weight is 821 g/mol. The first-order valence-corrected chi connectivity index (χ1v) is 19.4. The Labute approximate surface area is 341 Å². The maximum absolute atomic E-state index is 14.8. The summed E-state index contributed by atoms with van der Waals surface area (Å²) in [5, 5.41) is 26.9. The molecule has 3 aromatic heterocycles. The number of H-pyrrole nitrogens is 2. The molecule has 0 saturated carbocycles. The van der Waals surface area contributed by atoms with E-state index >= 15 is 0 Å². The van der Waals surface area contributed by atoms with Gasteiger partial charge in [0, 0.05) is 47.0 Å². The summed E-state index contributed by atoms with van der Waals surface area (Å²) < 4.78 is 20.5. The Morgan fingerprint density at radius 2 is 1.43 bits per heavy atom. The quantitative estimate of drug-likeness (QED) is 0.150. The van der Waals surface area contributed by atoms with E-state index in [1.54, 1.807) is 73.8 Å². The third-order valence-electron chi connectivity index (χ3n) is 11.2. The number of nitrogens with one attached hydrogen (secondary N) is 3. The number of aromatic amines is 2. The largest absolute Gasteiger partial charge is 0.859 e. The van der Waals surface area contributed by atoms with Gasteiger partial charge in [0.1, 0.15) is 23.8 Å². The molecule has 4 N–H and O–H groups in total. The molecule has 3 aromatic carbocycles. The van der Waals surface area contributed by atoms with Gasteiger partial charge in [-0.1, -0.05) is 12.1 Å². The van der Waals surface area contributed by atoms with Crippen molar-refractivity contribution in [2.45, 2.75) is 31.3 Å². The fraction of sp³-hybridized carbons (Fsp3) is 0.262. The van der Waals surface area contributed by atoms with Gasteiger partial charge in [-0.25, -0.2) is 0 Å². The second kappa shape index (κ2) is 15.6. The zero-order valence-corrected chi connectivity index (χ0v) is 33.4. The summed E-state index contributed by atoms with van der Waals surface area (Å²) in [6, 6.07) is 23.9. The number of aromatic nitrogens is 5. The highest BCUT2D eigenvalue weighted by Crippen LogP contribution is 2.39. The molecule has 0 amide bonds. The minimum Gasteiger partial charge on any atom is -0.859 e. The van der Waals surface area contributed by atoms with Crippen molar-refractivity contribution >= 4 is 24.4 Å². The molecule has 5 heterocycles. The molecular weight excluding hydrogens is 781 g/mol. The van der Waals surface area contributed by atoms with Crippen molar-refractivity contribution in [3.05, 3.63) is 153 Å². The van der Waals surface area contributed by atoms with E-state index in [0.29, 0.717) is 47.3 Å². The fourth-order valence-electron chi connectivity index (χ4n) is 8.65. The van der Waals surface area contributed by atoms with E-state index in [4.69, 9.17) is 38.6 Å². The molecule has 16 heteroatoms. The summed E-state index contributed by atoms with van der Waals surface area (Å²) in [6.07, 6.45) is 0.989. The summed E-state index contributed by atoms with van der Waals surface area (Å²) in [5.74, 6) is -0.655. The number of benzene rings is 3. The van der Waals surface area contributed by atoms with Crippen molar-refractivity contribution in [3.8, 4) is 40.4 Å². The monoisotopic (exact) mass is 820 g/mol. The zero-order chi connectivity index (χ0) is 40.8. The van der Waals surface area contributed by atoms with Crippen LogP contribution in [0.3, 0.4) is 0 Å². The first-order valence-electron chi connectivity index (χ1n) is 18.6. The van der Waals surface area contributed by atoms with Crippen molar-refractivity contribution in [1.29, 1.82) is 0 Å². The summed E-state index contributed by atoms with van der Waals surface area (Å²) in [5.41, 5.74) is 0.631. The van der Waals surface area contributed by atoms with Crippen LogP contribution in [0.25, 0.3) is 11.4 Å². The summed E-state index contributed by atoms with van der Waals surface area (Å²) in [4.78, 5) is 47.6. The standard InChI is InChI=1S/C42H40N6O8S2/c1-54-29-12-8-27(9-13-29)47-39(52)35(37(50)43-41(47)57)34(36-38(51)44-42(58)48(40(36)53)28-10-14-30(55-2)15-11-28)24-7-16-32(56-3)26(18-24)22-45-19-23-17-25(21-45)31-5-4-6-33(49)46(31)20-23/h4-16,18,23,25,34,52-53H,17,19-22H2,1-3H3,(H,43,50,57)(H,44,51,58)/t23-,25+/m1/s1. The Morgan fingerprint density at radius 3 is 2.07 bits per heavy atom. The number of fused-ring (bicyclic) bond motifs is 4. The fourth-order valence-corrected chi connectivity index (χ4v) is 9.21. The van der Waals surface area contributed by atoms with Gasteiger partial charge in [-0.3, -0.25) is 28.9 Å². The third kappa shape index (κ3) is 6.92. The molecule has 0 radical (unpaired) electrons. The van der Waals surface area contributed by atoms with E-state index in [1.807, 2.05) is 22.8 Å². The highest BCUT2D eigenvalue weighted by Gasteiger charge is 2.38. The highest BCUT2D eigenvalue weighted by molar-refractivity contribution is 7.71. The van der Waals surface area contributed by atoms with Crippen molar-refractivity contribution < 1.29 is 29.3 Å². The highest BCUT2D eigenvalue weighted by atomic mass is 32.1. The second-order valence-electron chi connectivity index (χ2n) is 14.6. The van der Waals surface area contributed by atoms with Crippen LogP contribution in [0.5, 0.6) is 29.0 Å². The lowest BCUT2D eigenvalue weighted by Gasteiger charge is -2.40. The van der Waals surface area contributed by atoms with Crippen LogP contribution in [-0.4, -0.2) is 63.2 Å². The average Bonchev–Trinajstić information content (AvgIpc) is 3.21. The number of pyridine rings is 1. The number of methoxy groups -OCH3 is 3. The Morgan fingerprint density at radius 1 is 0.810 bits per heavy atom. The molecule has 1 saturated heterocycles. The predicted octanol–water partition coefficient (Wildman–Crippen LogP) is 3.45. The van der Waals surface area contributed by atoms with Gasteiger partial charge >= 0.3 is 0 Å². The topological polar surface area (TPSA) is 173 Å². The van der Waals surface area contributed by atoms with E-state index in [1.165, 1.54) is 28.3 Å². The van der Waals surface area contributed by atoms with Gasteiger partial charge in [-0.15, -0.1) is 0 Å². The number of nitrogens with zero attached hydrogens (tertiary/aromatic N) is 3. The summed E-state index contributed by atoms with van der Waals surface area (Å²) in [7, 11) is 4.60. The van der Waals surface area contributed by atoms with Crippen LogP contribution in [0, 0.1) is 15.5 Å². The molecule has 0 aliphatic carbocycles. The third-order valence-corrected chi connectivity index (χ3v) is 11.8. The van der Waals surface area contributed by atoms with Crippen molar-refractivity contribution in [1.82, 2.24) is 23.7 Å². The molecule has 6 aromatic rings.